The van der Waals surface area contributed by atoms with Gasteiger partial charge in [0.2, 0.25) is 0 Å². The van der Waals surface area contributed by atoms with Crippen LogP contribution in [0.1, 0.15) is 40.5 Å². The van der Waals surface area contributed by atoms with E-state index in [0.717, 1.165) is 12.8 Å². The molecule has 0 aromatic heterocycles. The van der Waals surface area contributed by atoms with Crippen LogP contribution < -0.4 is 0 Å². The Morgan fingerprint density at radius 1 is 1.35 bits per heavy atom. The summed E-state index contributed by atoms with van der Waals surface area (Å²) in [5.74, 6) is 1.27. The van der Waals surface area contributed by atoms with Crippen LogP contribution in [-0.4, -0.2) is 26.3 Å². The summed E-state index contributed by atoms with van der Waals surface area (Å²) in [6, 6.07) is 0. The van der Waals surface area contributed by atoms with E-state index in [1.165, 1.54) is 7.11 Å². The highest BCUT2D eigenvalue weighted by molar-refractivity contribution is 5.77. The van der Waals surface area contributed by atoms with E-state index in [-0.39, 0.29) is 5.97 Å². The highest BCUT2D eigenvalue weighted by Crippen LogP contribution is 2.44. The molecule has 0 radical (unpaired) electrons. The highest BCUT2D eigenvalue weighted by Gasteiger charge is 2.51. The molecule has 1 rings (SSSR count). The van der Waals surface area contributed by atoms with E-state index in [0.29, 0.717) is 31.0 Å². The van der Waals surface area contributed by atoms with Crippen LogP contribution in [0.4, 0.5) is 0 Å². The first-order valence-electron chi connectivity index (χ1n) is 6.58. The largest absolute Gasteiger partial charge is 0.469 e. The first kappa shape index (κ1) is 14.5. The van der Waals surface area contributed by atoms with Crippen molar-refractivity contribution in [3.05, 3.63) is 0 Å². The molecule has 3 nitrogen and oxygen atoms in total. The van der Waals surface area contributed by atoms with E-state index >= 15 is 0 Å². The molecule has 0 amide bonds. The SMILES string of the molecule is COC(=O)C1(CC(C)C)COCC1CC(C)C. The predicted octanol–water partition coefficient (Wildman–Crippen LogP) is 2.88. The molecule has 0 bridgehead atoms. The highest BCUT2D eigenvalue weighted by atomic mass is 16.5. The molecule has 1 aliphatic heterocycles. The van der Waals surface area contributed by atoms with Crippen molar-refractivity contribution in [1.82, 2.24) is 0 Å². The van der Waals surface area contributed by atoms with Crippen molar-refractivity contribution >= 4 is 5.97 Å². The summed E-state index contributed by atoms with van der Waals surface area (Å²) < 4.78 is 10.6. The Morgan fingerprint density at radius 2 is 2.00 bits per heavy atom. The molecule has 2 unspecified atom stereocenters. The van der Waals surface area contributed by atoms with Crippen LogP contribution >= 0.6 is 0 Å². The van der Waals surface area contributed by atoms with Gasteiger partial charge in [-0.25, -0.2) is 0 Å². The lowest BCUT2D eigenvalue weighted by molar-refractivity contribution is -0.156. The summed E-state index contributed by atoms with van der Waals surface area (Å²) in [5, 5.41) is 0. The normalized spacial score (nSPS) is 29.0. The molecule has 100 valence electrons. The van der Waals surface area contributed by atoms with Crippen molar-refractivity contribution in [3.63, 3.8) is 0 Å². The van der Waals surface area contributed by atoms with Crippen LogP contribution in [0.15, 0.2) is 0 Å². The maximum absolute atomic E-state index is 12.2. The quantitative estimate of drug-likeness (QED) is 0.695. The molecule has 0 saturated carbocycles. The van der Waals surface area contributed by atoms with Crippen LogP contribution in [0, 0.1) is 23.2 Å². The first-order valence-corrected chi connectivity index (χ1v) is 6.58. The Kier molecular flexibility index (Phi) is 4.99. The van der Waals surface area contributed by atoms with E-state index in [4.69, 9.17) is 9.47 Å². The number of hydrogen-bond acceptors (Lipinski definition) is 3. The smallest absolute Gasteiger partial charge is 0.314 e. The molecule has 0 N–H and O–H groups in total. The summed E-state index contributed by atoms with van der Waals surface area (Å²) in [6.07, 6.45) is 1.89. The van der Waals surface area contributed by atoms with Crippen molar-refractivity contribution in [1.29, 1.82) is 0 Å². The molecule has 1 aliphatic rings. The molecule has 17 heavy (non-hydrogen) atoms. The van der Waals surface area contributed by atoms with Crippen LogP contribution in [0.5, 0.6) is 0 Å². The topological polar surface area (TPSA) is 35.5 Å². The van der Waals surface area contributed by atoms with E-state index in [9.17, 15) is 4.79 Å². The van der Waals surface area contributed by atoms with Crippen LogP contribution in [0.3, 0.4) is 0 Å². The Bertz CT molecular complexity index is 260. The fourth-order valence-electron chi connectivity index (χ4n) is 2.99. The standard InChI is InChI=1S/C14H26O3/c1-10(2)6-12-8-17-9-14(12,7-11(3)4)13(15)16-5/h10-12H,6-9H2,1-5H3. The van der Waals surface area contributed by atoms with Crippen molar-refractivity contribution in [2.24, 2.45) is 23.2 Å². The molecular formula is C14H26O3. The van der Waals surface area contributed by atoms with Gasteiger partial charge in [0.1, 0.15) is 0 Å². The monoisotopic (exact) mass is 242 g/mol. The van der Waals surface area contributed by atoms with E-state index in [1.54, 1.807) is 0 Å². The molecule has 0 spiro atoms. The van der Waals surface area contributed by atoms with Crippen molar-refractivity contribution in [2.45, 2.75) is 40.5 Å². The minimum absolute atomic E-state index is 0.0886. The fraction of sp³-hybridized carbons (Fsp3) is 0.929. The summed E-state index contributed by atoms with van der Waals surface area (Å²) >= 11 is 0. The molecule has 3 heteroatoms. The lowest BCUT2D eigenvalue weighted by atomic mass is 9.70. The lowest BCUT2D eigenvalue weighted by Gasteiger charge is -2.33. The minimum Gasteiger partial charge on any atom is -0.469 e. The summed E-state index contributed by atoms with van der Waals surface area (Å²) in [5.41, 5.74) is -0.410. The molecule has 2 atom stereocenters. The number of carbonyl (C=O) groups is 1. The number of esters is 1. The third-order valence-corrected chi connectivity index (χ3v) is 3.58. The van der Waals surface area contributed by atoms with E-state index in [1.807, 2.05) is 0 Å². The van der Waals surface area contributed by atoms with E-state index in [2.05, 4.69) is 27.7 Å². The van der Waals surface area contributed by atoms with Gasteiger partial charge in [0.15, 0.2) is 0 Å². The van der Waals surface area contributed by atoms with Gasteiger partial charge in [0, 0.05) is 5.92 Å². The second kappa shape index (κ2) is 5.85. The third kappa shape index (κ3) is 3.21. The van der Waals surface area contributed by atoms with Crippen molar-refractivity contribution in [2.75, 3.05) is 20.3 Å². The van der Waals surface area contributed by atoms with Gasteiger partial charge in [-0.05, 0) is 24.7 Å². The molecular weight excluding hydrogens is 216 g/mol. The zero-order chi connectivity index (χ0) is 13.1. The van der Waals surface area contributed by atoms with Crippen molar-refractivity contribution < 1.29 is 14.3 Å². The Hall–Kier alpha value is -0.570. The molecule has 0 aliphatic carbocycles. The molecule has 0 aromatic carbocycles. The zero-order valence-electron chi connectivity index (χ0n) is 11.8. The summed E-state index contributed by atoms with van der Waals surface area (Å²) in [6.45, 7) is 9.89. The van der Waals surface area contributed by atoms with Gasteiger partial charge in [-0.1, -0.05) is 27.7 Å². The second-order valence-corrected chi connectivity index (χ2v) is 6.09. The fourth-order valence-corrected chi connectivity index (χ4v) is 2.99. The predicted molar refractivity (Wildman–Crippen MR) is 67.7 cm³/mol. The maximum atomic E-state index is 12.2. The maximum Gasteiger partial charge on any atom is 0.314 e. The van der Waals surface area contributed by atoms with Crippen LogP contribution in [0.25, 0.3) is 0 Å². The van der Waals surface area contributed by atoms with Gasteiger partial charge in [-0.2, -0.15) is 0 Å². The Morgan fingerprint density at radius 3 is 2.47 bits per heavy atom. The summed E-state index contributed by atoms with van der Waals surface area (Å²) in [4.78, 5) is 12.2. The van der Waals surface area contributed by atoms with Gasteiger partial charge in [-0.3, -0.25) is 4.79 Å². The first-order chi connectivity index (χ1) is 7.92. The van der Waals surface area contributed by atoms with E-state index < -0.39 is 5.41 Å². The number of ether oxygens (including phenoxy) is 2. The molecule has 1 fully saturated rings. The van der Waals surface area contributed by atoms with Gasteiger partial charge in [0.25, 0.3) is 0 Å². The Balaban J connectivity index is 2.90. The summed E-state index contributed by atoms with van der Waals surface area (Å²) in [7, 11) is 1.48. The van der Waals surface area contributed by atoms with Crippen LogP contribution in [-0.2, 0) is 14.3 Å². The van der Waals surface area contributed by atoms with Gasteiger partial charge in [0.05, 0.1) is 25.7 Å². The van der Waals surface area contributed by atoms with Gasteiger partial charge in [-0.15, -0.1) is 0 Å². The van der Waals surface area contributed by atoms with Crippen molar-refractivity contribution in [3.8, 4) is 0 Å². The van der Waals surface area contributed by atoms with Crippen LogP contribution in [0.2, 0.25) is 0 Å². The average Bonchev–Trinajstić information content (AvgIpc) is 2.59. The lowest BCUT2D eigenvalue weighted by Crippen LogP contribution is -2.41. The minimum atomic E-state index is -0.410. The third-order valence-electron chi connectivity index (χ3n) is 3.58. The number of carbonyl (C=O) groups excluding carboxylic acids is 1. The second-order valence-electron chi connectivity index (χ2n) is 6.09. The number of methoxy groups -OCH3 is 1. The Labute approximate surface area is 105 Å². The average molecular weight is 242 g/mol. The molecule has 1 saturated heterocycles. The number of rotatable bonds is 5. The molecule has 0 aromatic rings. The van der Waals surface area contributed by atoms with Gasteiger partial charge < -0.3 is 9.47 Å². The molecule has 1 heterocycles. The zero-order valence-corrected chi connectivity index (χ0v) is 11.8. The van der Waals surface area contributed by atoms with Gasteiger partial charge >= 0.3 is 5.97 Å². The number of hydrogen-bond donors (Lipinski definition) is 0.